The second-order valence-electron chi connectivity index (χ2n) is 8.09. The van der Waals surface area contributed by atoms with E-state index in [1.165, 1.54) is 11.1 Å². The number of benzene rings is 3. The fourth-order valence-corrected chi connectivity index (χ4v) is 4.21. The molecule has 2 aliphatic heterocycles. The van der Waals surface area contributed by atoms with E-state index in [1.54, 1.807) is 0 Å². The summed E-state index contributed by atoms with van der Waals surface area (Å²) in [7, 11) is 0. The van der Waals surface area contributed by atoms with Crippen LogP contribution in [0.1, 0.15) is 22.6 Å². The van der Waals surface area contributed by atoms with Crippen molar-refractivity contribution in [1.82, 2.24) is 0 Å². The van der Waals surface area contributed by atoms with Crippen LogP contribution in [0.5, 0.6) is 0 Å². The molecule has 2 atom stereocenters. The smallest absolute Gasteiger partial charge is 0.201 e. The Hall–Kier alpha value is -3.40. The van der Waals surface area contributed by atoms with E-state index >= 15 is 0 Å². The van der Waals surface area contributed by atoms with E-state index < -0.39 is 0 Å². The predicted molar refractivity (Wildman–Crippen MR) is 124 cm³/mol. The van der Waals surface area contributed by atoms with Crippen LogP contribution in [0, 0.1) is 0 Å². The molecule has 0 aromatic heterocycles. The van der Waals surface area contributed by atoms with Gasteiger partial charge in [-0.15, -0.1) is 0 Å². The molecule has 0 N–H and O–H groups in total. The number of ether oxygens (including phenoxy) is 2. The van der Waals surface area contributed by atoms with Gasteiger partial charge in [-0.1, -0.05) is 91.0 Å². The molecule has 0 amide bonds. The summed E-state index contributed by atoms with van der Waals surface area (Å²) in [6.07, 6.45) is 1.74. The number of hydrogen-bond acceptors (Lipinski definition) is 4. The SMILES string of the molecule is c1ccc(C[C@H]2COC(C(C3=N[C@@H](Cc4ccccc4)CO3)c3ccccc3)=N2)cc1. The molecule has 31 heavy (non-hydrogen) atoms. The highest BCUT2D eigenvalue weighted by molar-refractivity contribution is 6.06. The Labute approximate surface area is 183 Å². The molecular formula is C27H26N2O2. The molecule has 4 nitrogen and oxygen atoms in total. The van der Waals surface area contributed by atoms with Crippen molar-refractivity contribution in [1.29, 1.82) is 0 Å². The second kappa shape index (κ2) is 9.17. The van der Waals surface area contributed by atoms with E-state index in [2.05, 4.69) is 60.7 Å². The number of rotatable bonds is 7. The van der Waals surface area contributed by atoms with Crippen LogP contribution < -0.4 is 0 Å². The topological polar surface area (TPSA) is 43.2 Å². The molecule has 3 aromatic rings. The van der Waals surface area contributed by atoms with Gasteiger partial charge in [-0.3, -0.25) is 0 Å². The lowest BCUT2D eigenvalue weighted by Crippen LogP contribution is -2.22. The second-order valence-corrected chi connectivity index (χ2v) is 8.09. The first-order valence-electron chi connectivity index (χ1n) is 10.9. The van der Waals surface area contributed by atoms with Crippen molar-refractivity contribution in [3.63, 3.8) is 0 Å². The third-order valence-corrected chi connectivity index (χ3v) is 5.72. The Morgan fingerprint density at radius 3 is 1.48 bits per heavy atom. The van der Waals surface area contributed by atoms with Gasteiger partial charge in [0, 0.05) is 0 Å². The maximum atomic E-state index is 6.11. The van der Waals surface area contributed by atoms with Crippen LogP contribution in [0.25, 0.3) is 0 Å². The zero-order chi connectivity index (χ0) is 20.9. The highest BCUT2D eigenvalue weighted by Gasteiger charge is 2.35. The lowest BCUT2D eigenvalue weighted by molar-refractivity contribution is 0.292. The Morgan fingerprint density at radius 1 is 0.613 bits per heavy atom. The molecule has 0 unspecified atom stereocenters. The summed E-state index contributed by atoms with van der Waals surface area (Å²) < 4.78 is 12.2. The lowest BCUT2D eigenvalue weighted by Gasteiger charge is -2.16. The molecule has 2 aliphatic rings. The van der Waals surface area contributed by atoms with Gasteiger partial charge in [0.05, 0.1) is 12.1 Å². The van der Waals surface area contributed by atoms with E-state index in [4.69, 9.17) is 19.5 Å². The molecule has 0 spiro atoms. The lowest BCUT2D eigenvalue weighted by atomic mass is 9.98. The highest BCUT2D eigenvalue weighted by atomic mass is 16.5. The zero-order valence-electron chi connectivity index (χ0n) is 17.4. The maximum Gasteiger partial charge on any atom is 0.201 e. The average molecular weight is 411 g/mol. The quantitative estimate of drug-likeness (QED) is 0.559. The van der Waals surface area contributed by atoms with Gasteiger partial charge in [0.15, 0.2) is 0 Å². The van der Waals surface area contributed by atoms with Crippen LogP contribution >= 0.6 is 0 Å². The monoisotopic (exact) mass is 410 g/mol. The minimum atomic E-state index is -0.192. The predicted octanol–water partition coefficient (Wildman–Crippen LogP) is 4.85. The number of hydrogen-bond donors (Lipinski definition) is 0. The van der Waals surface area contributed by atoms with Gasteiger partial charge in [0.25, 0.3) is 0 Å². The summed E-state index contributed by atoms with van der Waals surface area (Å²) in [4.78, 5) is 9.89. The van der Waals surface area contributed by atoms with Crippen LogP contribution in [0.4, 0.5) is 0 Å². The molecule has 0 saturated carbocycles. The van der Waals surface area contributed by atoms with Crippen LogP contribution in [0.3, 0.4) is 0 Å². The van der Waals surface area contributed by atoms with Gasteiger partial charge in [0.2, 0.25) is 11.8 Å². The summed E-state index contributed by atoms with van der Waals surface area (Å²) in [5, 5.41) is 0. The van der Waals surface area contributed by atoms with Crippen LogP contribution in [0.2, 0.25) is 0 Å². The van der Waals surface area contributed by atoms with Crippen molar-refractivity contribution in [3.8, 4) is 0 Å². The summed E-state index contributed by atoms with van der Waals surface area (Å²) in [5.74, 6) is 1.24. The summed E-state index contributed by atoms with van der Waals surface area (Å²) in [6, 6.07) is 31.4. The van der Waals surface area contributed by atoms with Gasteiger partial charge in [-0.05, 0) is 29.5 Å². The molecule has 3 aromatic carbocycles. The normalized spacial score (nSPS) is 20.2. The Balaban J connectivity index is 1.38. The van der Waals surface area contributed by atoms with E-state index in [1.807, 2.05) is 30.3 Å². The fourth-order valence-electron chi connectivity index (χ4n) is 4.21. The molecule has 0 aliphatic carbocycles. The maximum absolute atomic E-state index is 6.11. The first-order valence-corrected chi connectivity index (χ1v) is 10.9. The molecule has 0 bridgehead atoms. The van der Waals surface area contributed by atoms with Crippen molar-refractivity contribution in [2.24, 2.45) is 9.98 Å². The van der Waals surface area contributed by atoms with Gasteiger partial charge >= 0.3 is 0 Å². The van der Waals surface area contributed by atoms with Crippen molar-refractivity contribution in [2.45, 2.75) is 30.8 Å². The Bertz CT molecular complexity index is 981. The van der Waals surface area contributed by atoms with E-state index in [0.29, 0.717) is 25.0 Å². The van der Waals surface area contributed by atoms with E-state index in [0.717, 1.165) is 18.4 Å². The standard InChI is InChI=1S/C27H26N2O2/c1-4-10-20(11-5-1)16-23-18-30-26(28-23)25(22-14-8-3-9-15-22)27-29-24(19-31-27)17-21-12-6-2-7-13-21/h1-15,23-25H,16-19H2/t23-,24-/m0/s1. The van der Waals surface area contributed by atoms with Gasteiger partial charge in [-0.2, -0.15) is 0 Å². The van der Waals surface area contributed by atoms with Gasteiger partial charge in [0.1, 0.15) is 19.1 Å². The minimum Gasteiger partial charge on any atom is -0.478 e. The van der Waals surface area contributed by atoms with Crippen LogP contribution in [-0.2, 0) is 22.3 Å². The molecule has 4 heteroatoms. The zero-order valence-corrected chi connectivity index (χ0v) is 17.4. The third kappa shape index (κ3) is 4.69. The summed E-state index contributed by atoms with van der Waals surface area (Å²) >= 11 is 0. The van der Waals surface area contributed by atoms with E-state index in [9.17, 15) is 0 Å². The summed E-state index contributed by atoms with van der Waals surface area (Å²) in [6.45, 7) is 1.18. The largest absolute Gasteiger partial charge is 0.478 e. The molecule has 156 valence electrons. The highest BCUT2D eigenvalue weighted by Crippen LogP contribution is 2.28. The Kier molecular flexibility index (Phi) is 5.79. The Morgan fingerprint density at radius 2 is 1.03 bits per heavy atom. The minimum absolute atomic E-state index is 0.116. The molecule has 2 heterocycles. The number of aliphatic imine (C=N–C) groups is 2. The average Bonchev–Trinajstić information content (AvgIpc) is 3.46. The van der Waals surface area contributed by atoms with Crippen LogP contribution in [-0.4, -0.2) is 37.1 Å². The van der Waals surface area contributed by atoms with Crippen molar-refractivity contribution in [2.75, 3.05) is 13.2 Å². The fraction of sp³-hybridized carbons (Fsp3) is 0.259. The van der Waals surface area contributed by atoms with Crippen molar-refractivity contribution < 1.29 is 9.47 Å². The van der Waals surface area contributed by atoms with Crippen LogP contribution in [0.15, 0.2) is 101 Å². The van der Waals surface area contributed by atoms with Crippen molar-refractivity contribution >= 4 is 11.8 Å². The third-order valence-electron chi connectivity index (χ3n) is 5.72. The molecular weight excluding hydrogens is 384 g/mol. The first-order chi connectivity index (χ1) is 15.3. The number of nitrogens with zero attached hydrogens (tertiary/aromatic N) is 2. The molecule has 0 radical (unpaired) electrons. The van der Waals surface area contributed by atoms with E-state index in [-0.39, 0.29) is 18.0 Å². The van der Waals surface area contributed by atoms with Gasteiger partial charge in [-0.25, -0.2) is 9.98 Å². The molecule has 0 saturated heterocycles. The molecule has 0 fully saturated rings. The van der Waals surface area contributed by atoms with Gasteiger partial charge < -0.3 is 9.47 Å². The van der Waals surface area contributed by atoms with Crippen molar-refractivity contribution in [3.05, 3.63) is 108 Å². The first kappa shape index (κ1) is 19.6. The summed E-state index contributed by atoms with van der Waals surface area (Å²) in [5.41, 5.74) is 3.64. The molecule has 5 rings (SSSR count).